The lowest BCUT2D eigenvalue weighted by atomic mass is 9.74. The number of unbranched alkanes of at least 4 members (excludes halogenated alkanes) is 1. The zero-order chi connectivity index (χ0) is 21.2. The molecule has 170 valence electrons. The van der Waals surface area contributed by atoms with Crippen molar-refractivity contribution in [1.82, 2.24) is 0 Å². The second kappa shape index (κ2) is 12.9. The molecule has 4 unspecified atom stereocenters. The molecule has 2 saturated carbocycles. The van der Waals surface area contributed by atoms with Crippen molar-refractivity contribution in [3.05, 3.63) is 12.2 Å². The minimum atomic E-state index is 0.121. The van der Waals surface area contributed by atoms with Crippen molar-refractivity contribution in [2.45, 2.75) is 148 Å². The van der Waals surface area contributed by atoms with Gasteiger partial charge in [-0.15, -0.1) is 7.92 Å². The molecule has 1 heteroatoms. The summed E-state index contributed by atoms with van der Waals surface area (Å²) in [7, 11) is 0.121. The Morgan fingerprint density at radius 2 is 1.48 bits per heavy atom. The Labute approximate surface area is 185 Å². The molecule has 2 aliphatic rings. The summed E-state index contributed by atoms with van der Waals surface area (Å²) in [4.78, 5) is 0. The zero-order valence-corrected chi connectivity index (χ0v) is 21.7. The van der Waals surface area contributed by atoms with E-state index in [4.69, 9.17) is 0 Å². The summed E-state index contributed by atoms with van der Waals surface area (Å²) in [6.07, 6.45) is 29.8. The molecule has 2 rings (SSSR count). The minimum Gasteiger partial charge on any atom is -0.100 e. The summed E-state index contributed by atoms with van der Waals surface area (Å²) in [6.45, 7) is 12.7. The number of hydrogen-bond donors (Lipinski definition) is 0. The fourth-order valence-electron chi connectivity index (χ4n) is 6.43. The predicted molar refractivity (Wildman–Crippen MR) is 136 cm³/mol. The molecule has 0 heterocycles. The second-order valence-electron chi connectivity index (χ2n) is 11.0. The van der Waals surface area contributed by atoms with E-state index in [2.05, 4.69) is 46.5 Å². The average molecular weight is 421 g/mol. The van der Waals surface area contributed by atoms with Crippen molar-refractivity contribution in [2.24, 2.45) is 11.3 Å². The molecule has 2 aliphatic carbocycles. The van der Waals surface area contributed by atoms with Crippen molar-refractivity contribution in [1.29, 1.82) is 0 Å². The number of rotatable bonds is 7. The van der Waals surface area contributed by atoms with E-state index in [0.29, 0.717) is 10.6 Å². The maximum atomic E-state index is 2.72. The van der Waals surface area contributed by atoms with E-state index in [0.717, 1.165) is 11.6 Å². The second-order valence-corrected chi connectivity index (χ2v) is 13.9. The summed E-state index contributed by atoms with van der Waals surface area (Å²) in [5, 5.41) is 0.657. The van der Waals surface area contributed by atoms with Gasteiger partial charge in [0.2, 0.25) is 0 Å². The lowest BCUT2D eigenvalue weighted by Crippen LogP contribution is -2.31. The molecular weight excluding hydrogens is 367 g/mol. The highest BCUT2D eigenvalue weighted by molar-refractivity contribution is 7.59. The molecule has 0 aromatic heterocycles. The van der Waals surface area contributed by atoms with Crippen LogP contribution in [0.2, 0.25) is 0 Å². The third-order valence-corrected chi connectivity index (χ3v) is 12.6. The average Bonchev–Trinajstić information content (AvgIpc) is 2.77. The first-order chi connectivity index (χ1) is 14.0. The molecule has 0 aromatic carbocycles. The smallest absolute Gasteiger partial charge is 0.0118 e. The molecule has 29 heavy (non-hydrogen) atoms. The maximum absolute atomic E-state index is 2.72. The van der Waals surface area contributed by atoms with Crippen molar-refractivity contribution >= 4 is 7.92 Å². The van der Waals surface area contributed by atoms with E-state index in [1.54, 1.807) is 0 Å². The highest BCUT2D eigenvalue weighted by Crippen LogP contribution is 2.60. The van der Waals surface area contributed by atoms with Gasteiger partial charge in [0.15, 0.2) is 0 Å². The van der Waals surface area contributed by atoms with E-state index in [-0.39, 0.29) is 7.92 Å². The van der Waals surface area contributed by atoms with Crippen molar-refractivity contribution in [3.63, 3.8) is 0 Å². The van der Waals surface area contributed by atoms with Gasteiger partial charge in [0.05, 0.1) is 0 Å². The van der Waals surface area contributed by atoms with Crippen LogP contribution in [0, 0.1) is 11.3 Å². The van der Waals surface area contributed by atoms with Crippen molar-refractivity contribution in [3.8, 4) is 0 Å². The first kappa shape index (κ1) is 25.4. The van der Waals surface area contributed by atoms with Crippen molar-refractivity contribution in [2.75, 3.05) is 6.66 Å². The molecule has 0 N–H and O–H groups in total. The fourth-order valence-corrected chi connectivity index (χ4v) is 9.74. The molecule has 0 nitrogen and oxygen atoms in total. The molecule has 2 fully saturated rings. The van der Waals surface area contributed by atoms with Crippen LogP contribution < -0.4 is 0 Å². The normalized spacial score (nSPS) is 33.3. The Morgan fingerprint density at radius 3 is 2.10 bits per heavy atom. The Morgan fingerprint density at radius 1 is 0.862 bits per heavy atom. The lowest BCUT2D eigenvalue weighted by molar-refractivity contribution is 0.274. The van der Waals surface area contributed by atoms with Crippen LogP contribution in [0.3, 0.4) is 0 Å². The van der Waals surface area contributed by atoms with Gasteiger partial charge in [-0.1, -0.05) is 104 Å². The van der Waals surface area contributed by atoms with Gasteiger partial charge in [0.25, 0.3) is 0 Å². The van der Waals surface area contributed by atoms with Gasteiger partial charge in [0.1, 0.15) is 0 Å². The van der Waals surface area contributed by atoms with Gasteiger partial charge in [-0.25, -0.2) is 0 Å². The van der Waals surface area contributed by atoms with Crippen LogP contribution in [0.15, 0.2) is 12.2 Å². The van der Waals surface area contributed by atoms with Crippen LogP contribution in [0.5, 0.6) is 0 Å². The topological polar surface area (TPSA) is 0 Å². The van der Waals surface area contributed by atoms with E-state index >= 15 is 0 Å². The van der Waals surface area contributed by atoms with Gasteiger partial charge >= 0.3 is 0 Å². The van der Waals surface area contributed by atoms with E-state index in [9.17, 15) is 0 Å². The van der Waals surface area contributed by atoms with Gasteiger partial charge in [-0.2, -0.15) is 0 Å². The number of hydrogen-bond acceptors (Lipinski definition) is 0. The van der Waals surface area contributed by atoms with Gasteiger partial charge in [0, 0.05) is 0 Å². The van der Waals surface area contributed by atoms with Crippen LogP contribution in [-0.4, -0.2) is 17.5 Å². The summed E-state index contributed by atoms with van der Waals surface area (Å²) in [6, 6.07) is 0. The molecule has 0 amide bonds. The van der Waals surface area contributed by atoms with Crippen LogP contribution >= 0.6 is 7.92 Å². The molecule has 4 atom stereocenters. The lowest BCUT2D eigenvalue weighted by Gasteiger charge is -2.44. The van der Waals surface area contributed by atoms with Crippen LogP contribution in [0.4, 0.5) is 0 Å². The van der Waals surface area contributed by atoms with Crippen LogP contribution in [0.25, 0.3) is 0 Å². The number of allylic oxidation sites excluding steroid dienone is 2. The molecule has 0 radical (unpaired) electrons. The quantitative estimate of drug-likeness (QED) is 0.284. The molecular formula is C28H53P. The first-order valence-electron chi connectivity index (χ1n) is 13.4. The summed E-state index contributed by atoms with van der Waals surface area (Å²) >= 11 is 0. The molecule has 0 saturated heterocycles. The summed E-state index contributed by atoms with van der Waals surface area (Å²) in [5.74, 6) is 0.936. The Kier molecular flexibility index (Phi) is 11.3. The highest BCUT2D eigenvalue weighted by Gasteiger charge is 2.38. The van der Waals surface area contributed by atoms with Crippen LogP contribution in [0.1, 0.15) is 137 Å². The van der Waals surface area contributed by atoms with E-state index in [1.165, 1.54) is 109 Å². The maximum Gasteiger partial charge on any atom is -0.0118 e. The third-order valence-electron chi connectivity index (χ3n) is 8.68. The SMILES string of the molecule is CCC=CC1(CCCC)CCCC(C)C(P(C)C2(C)CCCCCCC2)CCC1. The standard InChI is InChI=1S/C28H53P/c1-6-8-21-28(22-9-7-2)23-15-17-25(3)26(18-16-24-28)29(5)27(4)19-13-11-10-12-14-20-27/h8,21,25-26H,6-7,9-20,22-24H2,1-5H3. The highest BCUT2D eigenvalue weighted by atomic mass is 31.1. The fraction of sp³-hybridized carbons (Fsp3) is 0.929. The largest absolute Gasteiger partial charge is 0.100 e. The Bertz CT molecular complexity index is 459. The summed E-state index contributed by atoms with van der Waals surface area (Å²) in [5.41, 5.74) is 1.52. The monoisotopic (exact) mass is 420 g/mol. The van der Waals surface area contributed by atoms with Gasteiger partial charge in [-0.3, -0.25) is 0 Å². The molecule has 0 spiro atoms. The molecule has 0 bridgehead atoms. The van der Waals surface area contributed by atoms with Crippen molar-refractivity contribution < 1.29 is 0 Å². The molecule has 0 aliphatic heterocycles. The summed E-state index contributed by atoms with van der Waals surface area (Å²) < 4.78 is 0. The first-order valence-corrected chi connectivity index (χ1v) is 15.2. The van der Waals surface area contributed by atoms with Gasteiger partial charge in [-0.05, 0) is 73.8 Å². The van der Waals surface area contributed by atoms with E-state index in [1.807, 2.05) is 0 Å². The van der Waals surface area contributed by atoms with Crippen LogP contribution in [-0.2, 0) is 0 Å². The Balaban J connectivity index is 2.10. The predicted octanol–water partition coefficient (Wildman–Crippen LogP) is 10.1. The van der Waals surface area contributed by atoms with Gasteiger partial charge < -0.3 is 0 Å². The minimum absolute atomic E-state index is 0.121. The van der Waals surface area contributed by atoms with E-state index < -0.39 is 0 Å². The Hall–Kier alpha value is 0.170. The molecule has 0 aromatic rings. The third kappa shape index (κ3) is 7.66. The zero-order valence-electron chi connectivity index (χ0n) is 20.8.